The van der Waals surface area contributed by atoms with Gasteiger partial charge in [-0.15, -0.1) is 13.2 Å². The van der Waals surface area contributed by atoms with Crippen molar-refractivity contribution in [3.8, 4) is 5.75 Å². The lowest BCUT2D eigenvalue weighted by Crippen LogP contribution is -2.25. The molecule has 1 aliphatic rings. The minimum absolute atomic E-state index is 0.138. The number of allylic oxidation sites excluding steroid dienone is 2. The van der Waals surface area contributed by atoms with Crippen molar-refractivity contribution in [1.82, 2.24) is 0 Å². The Morgan fingerprint density at radius 2 is 1.52 bits per heavy atom. The molecule has 2 rings (SSSR count). The Morgan fingerprint density at radius 1 is 1.00 bits per heavy atom. The number of rotatable bonds is 2. The maximum atomic E-state index is 14.1. The molecular formula is C19H25F4NO. The van der Waals surface area contributed by atoms with Crippen molar-refractivity contribution < 1.29 is 22.3 Å². The zero-order chi connectivity index (χ0) is 19.0. The standard InChI is InChI=1S/C17H19F4NO.C2H6/c1-3-12-7-9-22(10-8-13(12)4-2)16-11-14(5-6-15(16)18)23-17(19,20)21;1-2/h3-6,11H,7-10H2,1-2H3;1-2H3/b12-3-,13-4-;. The smallest absolute Gasteiger partial charge is 0.406 e. The van der Waals surface area contributed by atoms with Gasteiger partial charge in [0.1, 0.15) is 11.6 Å². The maximum absolute atomic E-state index is 14.1. The lowest BCUT2D eigenvalue weighted by atomic mass is 10.0. The van der Waals surface area contributed by atoms with Gasteiger partial charge in [0.05, 0.1) is 5.69 Å². The number of halogens is 4. The molecule has 1 aliphatic heterocycles. The fourth-order valence-electron chi connectivity index (χ4n) is 2.78. The Kier molecular flexibility index (Phi) is 8.00. The van der Waals surface area contributed by atoms with Crippen LogP contribution in [0.15, 0.2) is 41.5 Å². The molecule has 6 heteroatoms. The first-order chi connectivity index (χ1) is 11.8. The van der Waals surface area contributed by atoms with Gasteiger partial charge in [-0.05, 0) is 50.0 Å². The van der Waals surface area contributed by atoms with Crippen molar-refractivity contribution in [3.05, 3.63) is 47.3 Å². The first-order valence-electron chi connectivity index (χ1n) is 8.45. The molecule has 0 atom stereocenters. The monoisotopic (exact) mass is 359 g/mol. The SMILES string of the molecule is C/C=C1/CCN(c2cc(OC(F)(F)F)ccc2F)CC/C1=C/C.CC. The highest BCUT2D eigenvalue weighted by Gasteiger charge is 2.31. The second kappa shape index (κ2) is 9.49. The van der Waals surface area contributed by atoms with Gasteiger partial charge in [0.2, 0.25) is 0 Å². The van der Waals surface area contributed by atoms with Crippen LogP contribution in [-0.2, 0) is 0 Å². The minimum Gasteiger partial charge on any atom is -0.406 e. The van der Waals surface area contributed by atoms with Crippen LogP contribution in [0, 0.1) is 5.82 Å². The molecule has 0 N–H and O–H groups in total. The number of hydrogen-bond donors (Lipinski definition) is 0. The fourth-order valence-corrected chi connectivity index (χ4v) is 2.78. The van der Waals surface area contributed by atoms with E-state index in [0.717, 1.165) is 31.0 Å². The molecule has 140 valence electrons. The van der Waals surface area contributed by atoms with E-state index in [0.29, 0.717) is 13.1 Å². The van der Waals surface area contributed by atoms with Crippen molar-refractivity contribution in [2.75, 3.05) is 18.0 Å². The number of hydrogen-bond acceptors (Lipinski definition) is 2. The molecule has 25 heavy (non-hydrogen) atoms. The lowest BCUT2D eigenvalue weighted by molar-refractivity contribution is -0.274. The first kappa shape index (κ1) is 21.1. The molecule has 1 fully saturated rings. The Bertz CT molecular complexity index is 598. The van der Waals surface area contributed by atoms with Gasteiger partial charge < -0.3 is 9.64 Å². The molecule has 0 bridgehead atoms. The molecule has 0 amide bonds. The van der Waals surface area contributed by atoms with E-state index < -0.39 is 17.9 Å². The summed E-state index contributed by atoms with van der Waals surface area (Å²) in [6.45, 7) is 8.99. The van der Waals surface area contributed by atoms with Gasteiger partial charge in [0, 0.05) is 19.2 Å². The normalized spacial score (nSPS) is 18.6. The van der Waals surface area contributed by atoms with Crippen molar-refractivity contribution in [2.45, 2.75) is 46.9 Å². The van der Waals surface area contributed by atoms with Gasteiger partial charge in [0.25, 0.3) is 0 Å². The first-order valence-corrected chi connectivity index (χ1v) is 8.45. The van der Waals surface area contributed by atoms with Gasteiger partial charge in [-0.3, -0.25) is 0 Å². The van der Waals surface area contributed by atoms with E-state index in [2.05, 4.69) is 4.74 Å². The number of nitrogens with zero attached hydrogens (tertiary/aromatic N) is 1. The molecule has 1 aromatic carbocycles. The van der Waals surface area contributed by atoms with Crippen LogP contribution >= 0.6 is 0 Å². The van der Waals surface area contributed by atoms with Crippen LogP contribution < -0.4 is 9.64 Å². The van der Waals surface area contributed by atoms with Crippen LogP contribution in [0.3, 0.4) is 0 Å². The summed E-state index contributed by atoms with van der Waals surface area (Å²) in [5, 5.41) is 0. The Hall–Kier alpha value is -1.98. The Morgan fingerprint density at radius 3 is 1.96 bits per heavy atom. The maximum Gasteiger partial charge on any atom is 0.573 e. The van der Waals surface area contributed by atoms with Crippen LogP contribution in [0.5, 0.6) is 5.75 Å². The zero-order valence-electron chi connectivity index (χ0n) is 15.1. The second-order valence-corrected chi connectivity index (χ2v) is 5.28. The summed E-state index contributed by atoms with van der Waals surface area (Å²) >= 11 is 0. The number of anilines is 1. The quantitative estimate of drug-likeness (QED) is 0.579. The molecule has 0 aromatic heterocycles. The molecule has 0 unspecified atom stereocenters. The van der Waals surface area contributed by atoms with Gasteiger partial charge in [-0.2, -0.15) is 0 Å². The summed E-state index contributed by atoms with van der Waals surface area (Å²) < 4.78 is 54.9. The summed E-state index contributed by atoms with van der Waals surface area (Å²) in [7, 11) is 0. The molecular weight excluding hydrogens is 334 g/mol. The van der Waals surface area contributed by atoms with Gasteiger partial charge in [-0.25, -0.2) is 4.39 Å². The number of benzene rings is 1. The molecule has 1 aromatic rings. The van der Waals surface area contributed by atoms with Crippen LogP contribution in [0.4, 0.5) is 23.2 Å². The highest BCUT2D eigenvalue weighted by atomic mass is 19.4. The molecule has 0 spiro atoms. The summed E-state index contributed by atoms with van der Waals surface area (Å²) in [5.41, 5.74) is 2.52. The average molecular weight is 359 g/mol. The number of alkyl halides is 3. The van der Waals surface area contributed by atoms with E-state index in [4.69, 9.17) is 0 Å². The minimum atomic E-state index is -4.79. The van der Waals surface area contributed by atoms with E-state index >= 15 is 0 Å². The highest BCUT2D eigenvalue weighted by molar-refractivity contribution is 5.53. The van der Waals surface area contributed by atoms with Crippen molar-refractivity contribution in [1.29, 1.82) is 0 Å². The van der Waals surface area contributed by atoms with Crippen LogP contribution in [0.25, 0.3) is 0 Å². The molecule has 0 saturated carbocycles. The largest absolute Gasteiger partial charge is 0.573 e. The van der Waals surface area contributed by atoms with E-state index in [1.165, 1.54) is 11.1 Å². The fraction of sp³-hybridized carbons (Fsp3) is 0.474. The topological polar surface area (TPSA) is 12.5 Å². The summed E-state index contributed by atoms with van der Waals surface area (Å²) in [5.74, 6) is -0.957. The average Bonchev–Trinajstić information content (AvgIpc) is 2.79. The van der Waals surface area contributed by atoms with Gasteiger partial charge in [0.15, 0.2) is 0 Å². The zero-order valence-corrected chi connectivity index (χ0v) is 15.1. The van der Waals surface area contributed by atoms with Crippen molar-refractivity contribution in [2.24, 2.45) is 0 Å². The van der Waals surface area contributed by atoms with Crippen LogP contribution in [-0.4, -0.2) is 19.5 Å². The Balaban J connectivity index is 0.00000151. The van der Waals surface area contributed by atoms with E-state index in [1.807, 2.05) is 39.8 Å². The third-order valence-corrected chi connectivity index (χ3v) is 3.90. The lowest BCUT2D eigenvalue weighted by Gasteiger charge is -2.23. The molecule has 2 nitrogen and oxygen atoms in total. The molecule has 0 aliphatic carbocycles. The molecule has 1 saturated heterocycles. The highest BCUT2D eigenvalue weighted by Crippen LogP contribution is 2.32. The predicted molar refractivity (Wildman–Crippen MR) is 93.4 cm³/mol. The third kappa shape index (κ3) is 6.11. The van der Waals surface area contributed by atoms with Gasteiger partial charge in [-0.1, -0.05) is 26.0 Å². The second-order valence-electron chi connectivity index (χ2n) is 5.28. The molecule has 1 heterocycles. The summed E-state index contributed by atoms with van der Waals surface area (Å²) in [6, 6.07) is 3.10. The van der Waals surface area contributed by atoms with Crippen LogP contribution in [0.1, 0.15) is 40.5 Å². The van der Waals surface area contributed by atoms with E-state index in [-0.39, 0.29) is 5.69 Å². The van der Waals surface area contributed by atoms with Crippen molar-refractivity contribution in [3.63, 3.8) is 0 Å². The summed E-state index contributed by atoms with van der Waals surface area (Å²) in [6.07, 6.45) is 0.709. The summed E-state index contributed by atoms with van der Waals surface area (Å²) in [4.78, 5) is 1.76. The number of ether oxygens (including phenoxy) is 1. The predicted octanol–water partition coefficient (Wildman–Crippen LogP) is 6.24. The third-order valence-electron chi connectivity index (χ3n) is 3.90. The van der Waals surface area contributed by atoms with E-state index in [9.17, 15) is 17.6 Å². The van der Waals surface area contributed by atoms with E-state index in [1.54, 1.807) is 4.90 Å². The molecule has 0 radical (unpaired) electrons. The Labute approximate surface area is 146 Å². The van der Waals surface area contributed by atoms with Crippen molar-refractivity contribution >= 4 is 5.69 Å². The van der Waals surface area contributed by atoms with Gasteiger partial charge >= 0.3 is 6.36 Å². The van der Waals surface area contributed by atoms with Crippen LogP contribution in [0.2, 0.25) is 0 Å².